The normalized spacial score (nSPS) is 12.5. The van der Waals surface area contributed by atoms with Crippen molar-refractivity contribution in [2.24, 2.45) is 5.73 Å². The van der Waals surface area contributed by atoms with Gasteiger partial charge in [-0.2, -0.15) is 0 Å². The Balaban J connectivity index is 2.52. The molecule has 1 rings (SSSR count). The lowest BCUT2D eigenvalue weighted by atomic mass is 10.1. The van der Waals surface area contributed by atoms with Crippen molar-refractivity contribution in [2.75, 3.05) is 6.61 Å². The molecule has 0 aromatic heterocycles. The van der Waals surface area contributed by atoms with Crippen molar-refractivity contribution in [1.82, 2.24) is 0 Å². The first-order chi connectivity index (χ1) is 7.63. The van der Waals surface area contributed by atoms with Crippen molar-refractivity contribution in [1.29, 1.82) is 0 Å². The van der Waals surface area contributed by atoms with Crippen LogP contribution in [-0.4, -0.2) is 12.6 Å². The van der Waals surface area contributed by atoms with Crippen molar-refractivity contribution in [3.63, 3.8) is 0 Å². The summed E-state index contributed by atoms with van der Waals surface area (Å²) in [5.41, 5.74) is 6.66. The van der Waals surface area contributed by atoms with Gasteiger partial charge in [-0.3, -0.25) is 0 Å². The molecule has 1 aromatic carbocycles. The van der Waals surface area contributed by atoms with Gasteiger partial charge in [0.05, 0.1) is 6.61 Å². The van der Waals surface area contributed by atoms with Crippen LogP contribution >= 0.6 is 0 Å². The molecule has 0 aliphatic carbocycles. The van der Waals surface area contributed by atoms with Gasteiger partial charge in [-0.1, -0.05) is 6.07 Å². The van der Waals surface area contributed by atoms with Crippen LogP contribution in [0.15, 0.2) is 18.2 Å². The molecule has 0 saturated carbocycles. The molecule has 1 unspecified atom stereocenters. The van der Waals surface area contributed by atoms with Crippen molar-refractivity contribution in [3.8, 4) is 5.75 Å². The van der Waals surface area contributed by atoms with Gasteiger partial charge < -0.3 is 10.5 Å². The number of halogens is 1. The molecule has 16 heavy (non-hydrogen) atoms. The van der Waals surface area contributed by atoms with E-state index in [1.54, 1.807) is 12.1 Å². The van der Waals surface area contributed by atoms with Crippen molar-refractivity contribution in [2.45, 2.75) is 39.2 Å². The second-order valence-corrected chi connectivity index (χ2v) is 4.07. The molecule has 1 aromatic rings. The molecule has 1 atom stereocenters. The predicted octanol–water partition coefficient (Wildman–Crippen LogP) is 2.89. The maximum Gasteiger partial charge on any atom is 0.165 e. The lowest BCUT2D eigenvalue weighted by Gasteiger charge is -2.07. The largest absolute Gasteiger partial charge is 0.491 e. The number of rotatable bonds is 6. The molecule has 2 N–H and O–H groups in total. The molecule has 0 heterocycles. The van der Waals surface area contributed by atoms with Gasteiger partial charge in [0.2, 0.25) is 0 Å². The zero-order chi connectivity index (χ0) is 12.0. The maximum absolute atomic E-state index is 13.5. The summed E-state index contributed by atoms with van der Waals surface area (Å²) in [6.45, 7) is 4.32. The standard InChI is InChI=1S/C13H20FNO/c1-3-16-13-8-7-11(9-12(13)14)6-4-5-10(2)15/h7-10H,3-6,15H2,1-2H3. The van der Waals surface area contributed by atoms with Crippen LogP contribution < -0.4 is 10.5 Å². The molecule has 2 nitrogen and oxygen atoms in total. The molecule has 90 valence electrons. The summed E-state index contributed by atoms with van der Waals surface area (Å²) < 4.78 is 18.6. The van der Waals surface area contributed by atoms with Crippen molar-refractivity contribution < 1.29 is 9.13 Å². The van der Waals surface area contributed by atoms with Crippen LogP contribution in [0.5, 0.6) is 5.75 Å². The van der Waals surface area contributed by atoms with Gasteiger partial charge in [-0.15, -0.1) is 0 Å². The summed E-state index contributed by atoms with van der Waals surface area (Å²) in [7, 11) is 0. The summed E-state index contributed by atoms with van der Waals surface area (Å²) in [4.78, 5) is 0. The van der Waals surface area contributed by atoms with E-state index < -0.39 is 0 Å². The van der Waals surface area contributed by atoms with Gasteiger partial charge in [-0.25, -0.2) is 4.39 Å². The van der Waals surface area contributed by atoms with Crippen LogP contribution in [0.1, 0.15) is 32.3 Å². The van der Waals surface area contributed by atoms with Gasteiger partial charge in [0.25, 0.3) is 0 Å². The monoisotopic (exact) mass is 225 g/mol. The zero-order valence-electron chi connectivity index (χ0n) is 10.0. The van der Waals surface area contributed by atoms with Gasteiger partial charge in [-0.05, 0) is 50.8 Å². The minimum atomic E-state index is -0.278. The van der Waals surface area contributed by atoms with Crippen LogP contribution in [0.3, 0.4) is 0 Å². The fourth-order valence-electron chi connectivity index (χ4n) is 1.60. The van der Waals surface area contributed by atoms with E-state index in [0.717, 1.165) is 24.8 Å². The summed E-state index contributed by atoms with van der Waals surface area (Å²) in [6, 6.07) is 5.37. The number of hydrogen-bond donors (Lipinski definition) is 1. The number of benzene rings is 1. The summed E-state index contributed by atoms with van der Waals surface area (Å²) >= 11 is 0. The van der Waals surface area contributed by atoms with E-state index in [2.05, 4.69) is 0 Å². The third kappa shape index (κ3) is 4.19. The molecule has 0 bridgehead atoms. The van der Waals surface area contributed by atoms with Gasteiger partial charge in [0.15, 0.2) is 11.6 Å². The number of nitrogens with two attached hydrogens (primary N) is 1. The second kappa shape index (κ2) is 6.48. The van der Waals surface area contributed by atoms with E-state index in [1.807, 2.05) is 19.9 Å². The third-order valence-electron chi connectivity index (χ3n) is 2.42. The first-order valence-electron chi connectivity index (χ1n) is 5.80. The molecular weight excluding hydrogens is 205 g/mol. The topological polar surface area (TPSA) is 35.2 Å². The van der Waals surface area contributed by atoms with E-state index in [-0.39, 0.29) is 11.9 Å². The fraction of sp³-hybridized carbons (Fsp3) is 0.538. The lowest BCUT2D eigenvalue weighted by molar-refractivity contribution is 0.321. The molecular formula is C13H20FNO. The minimum Gasteiger partial charge on any atom is -0.491 e. The Morgan fingerprint density at radius 3 is 2.75 bits per heavy atom. The van der Waals surface area contributed by atoms with Gasteiger partial charge in [0.1, 0.15) is 0 Å². The average molecular weight is 225 g/mol. The van der Waals surface area contributed by atoms with E-state index in [0.29, 0.717) is 12.4 Å². The Morgan fingerprint density at radius 1 is 1.44 bits per heavy atom. The Hall–Kier alpha value is -1.09. The summed E-state index contributed by atoms with van der Waals surface area (Å²) in [6.07, 6.45) is 2.82. The zero-order valence-corrected chi connectivity index (χ0v) is 10.0. The lowest BCUT2D eigenvalue weighted by Crippen LogP contribution is -2.14. The van der Waals surface area contributed by atoms with Crippen molar-refractivity contribution in [3.05, 3.63) is 29.6 Å². The van der Waals surface area contributed by atoms with Crippen LogP contribution in [-0.2, 0) is 6.42 Å². The highest BCUT2D eigenvalue weighted by atomic mass is 19.1. The Labute approximate surface area is 96.6 Å². The number of aryl methyl sites for hydroxylation is 1. The van der Waals surface area contributed by atoms with Gasteiger partial charge >= 0.3 is 0 Å². The maximum atomic E-state index is 13.5. The van der Waals surface area contributed by atoms with E-state index in [1.165, 1.54) is 0 Å². The Morgan fingerprint density at radius 2 is 2.19 bits per heavy atom. The van der Waals surface area contributed by atoms with Crippen LogP contribution in [0.2, 0.25) is 0 Å². The fourth-order valence-corrected chi connectivity index (χ4v) is 1.60. The Kier molecular flexibility index (Phi) is 5.26. The summed E-state index contributed by atoms with van der Waals surface area (Å²) in [5, 5.41) is 0. The molecule has 0 spiro atoms. The molecule has 0 radical (unpaired) electrons. The first kappa shape index (κ1) is 13.0. The molecule has 0 aliphatic rings. The van der Waals surface area contributed by atoms with Crippen LogP contribution in [0.4, 0.5) is 4.39 Å². The molecule has 3 heteroatoms. The summed E-state index contributed by atoms with van der Waals surface area (Å²) in [5.74, 6) is 0.0542. The highest BCUT2D eigenvalue weighted by molar-refractivity contribution is 5.29. The highest BCUT2D eigenvalue weighted by Gasteiger charge is 2.04. The van der Waals surface area contributed by atoms with E-state index in [9.17, 15) is 4.39 Å². The average Bonchev–Trinajstić information content (AvgIpc) is 2.21. The third-order valence-corrected chi connectivity index (χ3v) is 2.42. The van der Waals surface area contributed by atoms with E-state index in [4.69, 9.17) is 10.5 Å². The molecule has 0 fully saturated rings. The Bertz CT molecular complexity index is 326. The van der Waals surface area contributed by atoms with Crippen LogP contribution in [0.25, 0.3) is 0 Å². The van der Waals surface area contributed by atoms with Gasteiger partial charge in [0, 0.05) is 6.04 Å². The second-order valence-electron chi connectivity index (χ2n) is 4.07. The molecule has 0 amide bonds. The molecule has 0 aliphatic heterocycles. The number of hydrogen-bond acceptors (Lipinski definition) is 2. The predicted molar refractivity (Wildman–Crippen MR) is 64.2 cm³/mol. The van der Waals surface area contributed by atoms with E-state index >= 15 is 0 Å². The SMILES string of the molecule is CCOc1ccc(CCCC(C)N)cc1F. The molecule has 0 saturated heterocycles. The first-order valence-corrected chi connectivity index (χ1v) is 5.80. The smallest absolute Gasteiger partial charge is 0.165 e. The quantitative estimate of drug-likeness (QED) is 0.808. The number of ether oxygens (including phenoxy) is 1. The minimum absolute atomic E-state index is 0.215. The van der Waals surface area contributed by atoms with Crippen molar-refractivity contribution >= 4 is 0 Å². The highest BCUT2D eigenvalue weighted by Crippen LogP contribution is 2.19. The van der Waals surface area contributed by atoms with Crippen LogP contribution in [0, 0.1) is 5.82 Å².